The van der Waals surface area contributed by atoms with Crippen LogP contribution in [0.25, 0.3) is 0 Å². The highest BCUT2D eigenvalue weighted by molar-refractivity contribution is 5.33. The van der Waals surface area contributed by atoms with Crippen LogP contribution in [-0.4, -0.2) is 24.4 Å². The minimum atomic E-state index is -0.482. The van der Waals surface area contributed by atoms with Crippen LogP contribution in [0.2, 0.25) is 0 Å². The Hall–Kier alpha value is -1.64. The average Bonchev–Trinajstić information content (AvgIpc) is 2.35. The van der Waals surface area contributed by atoms with E-state index in [0.717, 1.165) is 0 Å². The minimum absolute atomic E-state index is 0.241. The van der Waals surface area contributed by atoms with Crippen molar-refractivity contribution in [2.45, 2.75) is 19.6 Å². The molecule has 92 valence electrons. The molecule has 4 nitrogen and oxygen atoms in total. The molecule has 0 radical (unpaired) electrons. The first-order valence-corrected chi connectivity index (χ1v) is 5.20. The van der Waals surface area contributed by atoms with Gasteiger partial charge in [0.1, 0.15) is 24.3 Å². The van der Waals surface area contributed by atoms with Gasteiger partial charge in [-0.1, -0.05) is 0 Å². The summed E-state index contributed by atoms with van der Waals surface area (Å²) in [6.07, 6.45) is -0.482. The maximum absolute atomic E-state index is 12.8. The van der Waals surface area contributed by atoms with Crippen LogP contribution in [0.4, 0.5) is 4.39 Å². The van der Waals surface area contributed by atoms with Gasteiger partial charge < -0.3 is 14.6 Å². The third-order valence-electron chi connectivity index (χ3n) is 2.08. The van der Waals surface area contributed by atoms with E-state index in [9.17, 15) is 4.39 Å². The van der Waals surface area contributed by atoms with Crippen LogP contribution in [0, 0.1) is 17.1 Å². The lowest BCUT2D eigenvalue weighted by molar-refractivity contribution is 0.0737. The normalized spacial score (nSPS) is 11.9. The Kier molecular flexibility index (Phi) is 5.40. The predicted octanol–water partition coefficient (Wildman–Crippen LogP) is 1.63. The van der Waals surface area contributed by atoms with Crippen molar-refractivity contribution < 1.29 is 19.0 Å². The number of halogens is 1. The molecule has 1 atom stereocenters. The van der Waals surface area contributed by atoms with Crippen molar-refractivity contribution in [3.8, 4) is 11.8 Å². The Bertz CT molecular complexity index is 403. The first-order chi connectivity index (χ1) is 8.17. The van der Waals surface area contributed by atoms with Crippen molar-refractivity contribution in [1.82, 2.24) is 0 Å². The molecule has 1 unspecified atom stereocenters. The van der Waals surface area contributed by atoms with Crippen LogP contribution < -0.4 is 4.74 Å². The number of ether oxygens (including phenoxy) is 2. The summed E-state index contributed by atoms with van der Waals surface area (Å²) >= 11 is 0. The van der Waals surface area contributed by atoms with E-state index in [1.54, 1.807) is 6.92 Å². The van der Waals surface area contributed by atoms with E-state index < -0.39 is 11.9 Å². The summed E-state index contributed by atoms with van der Waals surface area (Å²) in [5.74, 6) is -0.00198. The van der Waals surface area contributed by atoms with Crippen molar-refractivity contribution in [2.75, 3.05) is 13.2 Å². The van der Waals surface area contributed by atoms with Crippen molar-refractivity contribution in [2.24, 2.45) is 0 Å². The molecule has 0 heterocycles. The van der Waals surface area contributed by atoms with E-state index in [4.69, 9.17) is 19.8 Å². The zero-order chi connectivity index (χ0) is 12.7. The summed E-state index contributed by atoms with van der Waals surface area (Å²) in [6.45, 7) is 1.85. The molecule has 17 heavy (non-hydrogen) atoms. The smallest absolute Gasteiger partial charge is 0.141 e. The fourth-order valence-electron chi connectivity index (χ4n) is 1.23. The van der Waals surface area contributed by atoms with Crippen LogP contribution in [0.3, 0.4) is 0 Å². The second-order valence-electron chi connectivity index (χ2n) is 3.40. The molecule has 5 heteroatoms. The third-order valence-corrected chi connectivity index (χ3v) is 2.08. The monoisotopic (exact) mass is 239 g/mol. The summed E-state index contributed by atoms with van der Waals surface area (Å²) in [6, 6.07) is 5.85. The van der Waals surface area contributed by atoms with Gasteiger partial charge >= 0.3 is 0 Å². The largest absolute Gasteiger partial charge is 0.491 e. The van der Waals surface area contributed by atoms with E-state index in [1.165, 1.54) is 18.2 Å². The van der Waals surface area contributed by atoms with Crippen LogP contribution in [0.15, 0.2) is 18.2 Å². The fraction of sp³-hybridized carbons (Fsp3) is 0.417. The van der Waals surface area contributed by atoms with E-state index in [1.807, 2.05) is 6.07 Å². The molecule has 0 aliphatic heterocycles. The maximum Gasteiger partial charge on any atom is 0.141 e. The number of benzene rings is 1. The second-order valence-corrected chi connectivity index (χ2v) is 3.40. The Morgan fingerprint density at radius 2 is 2.24 bits per heavy atom. The highest BCUT2D eigenvalue weighted by Crippen LogP contribution is 2.19. The van der Waals surface area contributed by atoms with Gasteiger partial charge in [-0.05, 0) is 25.1 Å². The third kappa shape index (κ3) is 4.39. The molecule has 1 aromatic rings. The van der Waals surface area contributed by atoms with Gasteiger partial charge in [0, 0.05) is 5.56 Å². The lowest BCUT2D eigenvalue weighted by atomic mass is 10.2. The summed E-state index contributed by atoms with van der Waals surface area (Å²) in [5, 5.41) is 17.5. The van der Waals surface area contributed by atoms with E-state index in [-0.39, 0.29) is 19.8 Å². The molecule has 0 aliphatic carbocycles. The molecule has 0 spiro atoms. The molecular weight excluding hydrogens is 225 g/mol. The number of hydrogen-bond donors (Lipinski definition) is 1. The SMILES string of the molecule is CC(C#N)OCCOc1ccc(F)cc1CO. The number of rotatable bonds is 6. The molecule has 0 aromatic heterocycles. The van der Waals surface area contributed by atoms with Crippen molar-refractivity contribution in [3.05, 3.63) is 29.6 Å². The van der Waals surface area contributed by atoms with Crippen LogP contribution in [-0.2, 0) is 11.3 Å². The first-order valence-electron chi connectivity index (χ1n) is 5.20. The van der Waals surface area contributed by atoms with Crippen molar-refractivity contribution in [1.29, 1.82) is 5.26 Å². The number of nitrogens with zero attached hydrogens (tertiary/aromatic N) is 1. The van der Waals surface area contributed by atoms with E-state index in [2.05, 4.69) is 0 Å². The average molecular weight is 239 g/mol. The van der Waals surface area contributed by atoms with Gasteiger partial charge in [0.15, 0.2) is 0 Å². The highest BCUT2D eigenvalue weighted by Gasteiger charge is 2.05. The van der Waals surface area contributed by atoms with Gasteiger partial charge in [-0.3, -0.25) is 0 Å². The number of nitriles is 1. The summed E-state index contributed by atoms with van der Waals surface area (Å²) < 4.78 is 23.3. The van der Waals surface area contributed by atoms with Crippen LogP contribution in [0.5, 0.6) is 5.75 Å². The van der Waals surface area contributed by atoms with E-state index in [0.29, 0.717) is 11.3 Å². The number of aliphatic hydroxyl groups excluding tert-OH is 1. The molecular formula is C12H14FNO3. The fourth-order valence-corrected chi connectivity index (χ4v) is 1.23. The van der Waals surface area contributed by atoms with Gasteiger partial charge in [0.25, 0.3) is 0 Å². The van der Waals surface area contributed by atoms with Crippen molar-refractivity contribution >= 4 is 0 Å². The Morgan fingerprint density at radius 1 is 1.47 bits per heavy atom. The first kappa shape index (κ1) is 13.4. The molecule has 1 aromatic carbocycles. The maximum atomic E-state index is 12.8. The minimum Gasteiger partial charge on any atom is -0.491 e. The predicted molar refractivity (Wildman–Crippen MR) is 58.8 cm³/mol. The lowest BCUT2D eigenvalue weighted by Gasteiger charge is -2.11. The molecule has 0 saturated carbocycles. The quantitative estimate of drug-likeness (QED) is 0.766. The van der Waals surface area contributed by atoms with Crippen LogP contribution >= 0.6 is 0 Å². The molecule has 0 saturated heterocycles. The zero-order valence-electron chi connectivity index (χ0n) is 9.52. The summed E-state index contributed by atoms with van der Waals surface area (Å²) in [5.41, 5.74) is 0.387. The van der Waals surface area contributed by atoms with Crippen molar-refractivity contribution in [3.63, 3.8) is 0 Å². The molecule has 0 bridgehead atoms. The topological polar surface area (TPSA) is 62.5 Å². The zero-order valence-corrected chi connectivity index (χ0v) is 9.52. The standard InChI is InChI=1S/C12H14FNO3/c1-9(7-14)16-4-5-17-12-3-2-11(13)6-10(12)8-15/h2-3,6,9,15H,4-5,8H2,1H3. The lowest BCUT2D eigenvalue weighted by Crippen LogP contribution is -2.13. The summed E-state index contributed by atoms with van der Waals surface area (Å²) in [4.78, 5) is 0. The number of hydrogen-bond acceptors (Lipinski definition) is 4. The van der Waals surface area contributed by atoms with Gasteiger partial charge in [0.05, 0.1) is 19.3 Å². The van der Waals surface area contributed by atoms with Crippen LogP contribution in [0.1, 0.15) is 12.5 Å². The Morgan fingerprint density at radius 3 is 2.88 bits per heavy atom. The second kappa shape index (κ2) is 6.84. The molecule has 0 amide bonds. The van der Waals surface area contributed by atoms with E-state index >= 15 is 0 Å². The molecule has 0 fully saturated rings. The highest BCUT2D eigenvalue weighted by atomic mass is 19.1. The Balaban J connectivity index is 2.44. The number of aliphatic hydroxyl groups is 1. The molecule has 1 rings (SSSR count). The summed E-state index contributed by atoms with van der Waals surface area (Å²) in [7, 11) is 0. The van der Waals surface area contributed by atoms with Gasteiger partial charge in [-0.2, -0.15) is 5.26 Å². The Labute approximate surface area is 99.2 Å². The molecule has 0 aliphatic rings. The van der Waals surface area contributed by atoms with Gasteiger partial charge in [-0.25, -0.2) is 4.39 Å². The van der Waals surface area contributed by atoms with Gasteiger partial charge in [-0.15, -0.1) is 0 Å². The molecule has 1 N–H and O–H groups in total. The van der Waals surface area contributed by atoms with Gasteiger partial charge in [0.2, 0.25) is 0 Å².